The Balaban J connectivity index is 1.98. The fourth-order valence-corrected chi connectivity index (χ4v) is 6.49. The summed E-state index contributed by atoms with van der Waals surface area (Å²) in [5, 5.41) is 3.10. The van der Waals surface area contributed by atoms with Crippen molar-refractivity contribution in [3.8, 4) is 10.6 Å². The largest absolute Gasteiger partial charge is 0.447 e. The predicted molar refractivity (Wildman–Crippen MR) is 143 cm³/mol. The minimum absolute atomic E-state index is 0.0140. The van der Waals surface area contributed by atoms with Gasteiger partial charge in [-0.05, 0) is 73.6 Å². The number of sulfonamides is 1. The summed E-state index contributed by atoms with van der Waals surface area (Å²) in [6.45, 7) is 15.0. The highest BCUT2D eigenvalue weighted by molar-refractivity contribution is 7.89. The number of carbonyl (C=O) groups excluding carboxylic acids is 2. The molecule has 0 fully saturated rings. The summed E-state index contributed by atoms with van der Waals surface area (Å²) in [6.07, 6.45) is -0.864. The Kier molecular flexibility index (Phi) is 8.25. The topological polar surface area (TPSA) is 127 Å². The maximum atomic E-state index is 13.4. The summed E-state index contributed by atoms with van der Waals surface area (Å²) in [7, 11) is -3.98. The molecule has 0 aliphatic carbocycles. The molecule has 0 saturated heterocycles. The Morgan fingerprint density at radius 3 is 2.41 bits per heavy atom. The van der Waals surface area contributed by atoms with Crippen molar-refractivity contribution in [3.05, 3.63) is 28.8 Å². The van der Waals surface area contributed by atoms with Crippen LogP contribution < -0.4 is 10.0 Å². The van der Waals surface area contributed by atoms with Gasteiger partial charge in [0.1, 0.15) is 10.6 Å². The Hall–Kier alpha value is -2.70. The first-order valence-corrected chi connectivity index (χ1v) is 14.4. The average Bonchev–Trinajstić information content (AvgIpc) is 3.13. The maximum Gasteiger partial charge on any atom is 0.411 e. The minimum atomic E-state index is -3.98. The first-order valence-electron chi connectivity index (χ1n) is 12.1. The van der Waals surface area contributed by atoms with Gasteiger partial charge in [0.15, 0.2) is 0 Å². The van der Waals surface area contributed by atoms with E-state index < -0.39 is 33.3 Å². The van der Waals surface area contributed by atoms with Crippen LogP contribution >= 0.6 is 11.3 Å². The number of aromatic nitrogens is 1. The number of amides is 2. The number of thiazole rings is 1. The summed E-state index contributed by atoms with van der Waals surface area (Å²) in [5.41, 5.74) is 0.182. The lowest BCUT2D eigenvalue weighted by Crippen LogP contribution is -2.40. The molecule has 0 saturated carbocycles. The molecule has 1 aliphatic rings. The number of benzene rings is 1. The van der Waals surface area contributed by atoms with Gasteiger partial charge in [0.05, 0.1) is 23.2 Å². The van der Waals surface area contributed by atoms with Crippen LogP contribution in [0.25, 0.3) is 10.6 Å². The van der Waals surface area contributed by atoms with E-state index in [0.29, 0.717) is 30.1 Å². The molecule has 2 aromatic rings. The highest BCUT2D eigenvalue weighted by atomic mass is 32.2. The van der Waals surface area contributed by atoms with Gasteiger partial charge in [-0.1, -0.05) is 0 Å². The van der Waals surface area contributed by atoms with E-state index in [1.54, 1.807) is 51.7 Å². The number of fused-ring (bicyclic) bond motifs is 1. The van der Waals surface area contributed by atoms with E-state index in [2.05, 4.69) is 10.0 Å². The standard InChI is InChI=1S/C25H36N4O6S2/c1-15(2)34-22(30)26-16-9-10-17(20(13-16)37(32,33)28-24(3,4)5)21-27-18-11-12-29(14-19(18)36-21)23(31)35-25(6,7)8/h9-10,13,15,28H,11-12,14H2,1-8H3,(H,26,30). The molecule has 10 nitrogen and oxygen atoms in total. The number of ether oxygens (including phenoxy) is 2. The smallest absolute Gasteiger partial charge is 0.411 e. The molecule has 12 heteroatoms. The van der Waals surface area contributed by atoms with E-state index in [1.165, 1.54) is 17.4 Å². The lowest BCUT2D eigenvalue weighted by Gasteiger charge is -2.29. The first kappa shape index (κ1) is 28.9. The number of rotatable bonds is 5. The molecule has 0 unspecified atom stereocenters. The van der Waals surface area contributed by atoms with Gasteiger partial charge in [-0.3, -0.25) is 5.32 Å². The summed E-state index contributed by atoms with van der Waals surface area (Å²) in [5.74, 6) is 0. The lowest BCUT2D eigenvalue weighted by atomic mass is 10.1. The zero-order valence-corrected chi connectivity index (χ0v) is 24.2. The van der Waals surface area contributed by atoms with E-state index >= 15 is 0 Å². The molecular formula is C25H36N4O6S2. The van der Waals surface area contributed by atoms with Gasteiger partial charge in [0, 0.05) is 34.6 Å². The second-order valence-corrected chi connectivity index (χ2v) is 13.9. The highest BCUT2D eigenvalue weighted by Crippen LogP contribution is 2.37. The number of carbonyl (C=O) groups is 2. The second kappa shape index (κ2) is 10.6. The van der Waals surface area contributed by atoms with Crippen LogP contribution in [0.1, 0.15) is 66.0 Å². The highest BCUT2D eigenvalue weighted by Gasteiger charge is 2.31. The van der Waals surface area contributed by atoms with Crippen LogP contribution in [0, 0.1) is 0 Å². The van der Waals surface area contributed by atoms with E-state index in [-0.39, 0.29) is 16.7 Å². The molecule has 0 bridgehead atoms. The molecule has 0 spiro atoms. The lowest BCUT2D eigenvalue weighted by molar-refractivity contribution is 0.0225. The molecule has 204 valence electrons. The van der Waals surface area contributed by atoms with Crippen LogP contribution in [0.4, 0.5) is 15.3 Å². The molecule has 0 atom stereocenters. The molecule has 1 aliphatic heterocycles. The van der Waals surface area contributed by atoms with Crippen LogP contribution in [0.2, 0.25) is 0 Å². The molecule has 37 heavy (non-hydrogen) atoms. The number of nitrogens with one attached hydrogen (secondary N) is 2. The SMILES string of the molecule is CC(C)OC(=O)Nc1ccc(-c2nc3c(s2)CN(C(=O)OC(C)(C)C)CC3)c(S(=O)(=O)NC(C)(C)C)c1. The third-order valence-corrected chi connectivity index (χ3v) is 7.83. The zero-order chi connectivity index (χ0) is 27.8. The third-order valence-electron chi connectivity index (χ3n) is 4.91. The van der Waals surface area contributed by atoms with Crippen molar-refractivity contribution in [1.29, 1.82) is 0 Å². The molecule has 0 radical (unpaired) electrons. The van der Waals surface area contributed by atoms with Gasteiger partial charge < -0.3 is 14.4 Å². The minimum Gasteiger partial charge on any atom is -0.447 e. The monoisotopic (exact) mass is 552 g/mol. The van der Waals surface area contributed by atoms with Crippen molar-refractivity contribution in [2.75, 3.05) is 11.9 Å². The number of hydrogen-bond donors (Lipinski definition) is 2. The Labute approximate surface area is 222 Å². The Bertz CT molecular complexity index is 1270. The Morgan fingerprint density at radius 1 is 1.14 bits per heavy atom. The quantitative estimate of drug-likeness (QED) is 0.526. The molecule has 1 aromatic carbocycles. The van der Waals surface area contributed by atoms with Gasteiger partial charge in [0.2, 0.25) is 10.0 Å². The summed E-state index contributed by atoms with van der Waals surface area (Å²) < 4.78 is 40.2. The summed E-state index contributed by atoms with van der Waals surface area (Å²) in [4.78, 5) is 31.9. The number of hydrogen-bond acceptors (Lipinski definition) is 8. The van der Waals surface area contributed by atoms with Crippen molar-refractivity contribution in [3.63, 3.8) is 0 Å². The van der Waals surface area contributed by atoms with E-state index in [1.807, 2.05) is 20.8 Å². The van der Waals surface area contributed by atoms with Crippen molar-refractivity contribution in [2.45, 2.75) is 90.5 Å². The first-order chi connectivity index (χ1) is 16.9. The van der Waals surface area contributed by atoms with Crippen LogP contribution in [0.15, 0.2) is 23.1 Å². The van der Waals surface area contributed by atoms with Gasteiger partial charge >= 0.3 is 12.2 Å². The summed E-state index contributed by atoms with van der Waals surface area (Å²) in [6, 6.07) is 4.64. The van der Waals surface area contributed by atoms with Crippen LogP contribution in [0.3, 0.4) is 0 Å². The van der Waals surface area contributed by atoms with Gasteiger partial charge in [0.25, 0.3) is 0 Å². The van der Waals surface area contributed by atoms with Crippen molar-refractivity contribution >= 4 is 39.2 Å². The van der Waals surface area contributed by atoms with Crippen molar-refractivity contribution in [1.82, 2.24) is 14.6 Å². The fourth-order valence-electron chi connectivity index (χ4n) is 3.61. The molecule has 2 amide bonds. The number of anilines is 1. The van der Waals surface area contributed by atoms with Crippen LogP contribution in [-0.4, -0.2) is 54.3 Å². The molecular weight excluding hydrogens is 516 g/mol. The van der Waals surface area contributed by atoms with Gasteiger partial charge in [-0.25, -0.2) is 27.7 Å². The van der Waals surface area contributed by atoms with Crippen molar-refractivity contribution in [2.24, 2.45) is 0 Å². The second-order valence-electron chi connectivity index (χ2n) is 11.2. The predicted octanol–water partition coefficient (Wildman–Crippen LogP) is 5.14. The molecule has 2 N–H and O–H groups in total. The molecule has 3 rings (SSSR count). The van der Waals surface area contributed by atoms with E-state index in [9.17, 15) is 18.0 Å². The van der Waals surface area contributed by atoms with Crippen LogP contribution in [0.5, 0.6) is 0 Å². The van der Waals surface area contributed by atoms with E-state index in [0.717, 1.165) is 10.6 Å². The molecule has 1 aromatic heterocycles. The fraction of sp³-hybridized carbons (Fsp3) is 0.560. The Morgan fingerprint density at radius 2 is 1.81 bits per heavy atom. The van der Waals surface area contributed by atoms with Gasteiger partial charge in [-0.15, -0.1) is 11.3 Å². The average molecular weight is 553 g/mol. The maximum absolute atomic E-state index is 13.4. The number of nitrogens with zero attached hydrogens (tertiary/aromatic N) is 2. The van der Waals surface area contributed by atoms with E-state index in [4.69, 9.17) is 14.5 Å². The van der Waals surface area contributed by atoms with Gasteiger partial charge in [-0.2, -0.15) is 0 Å². The molecule has 2 heterocycles. The summed E-state index contributed by atoms with van der Waals surface area (Å²) >= 11 is 1.34. The zero-order valence-electron chi connectivity index (χ0n) is 22.6. The third kappa shape index (κ3) is 7.89. The van der Waals surface area contributed by atoms with Crippen LogP contribution in [-0.2, 0) is 32.5 Å². The normalized spacial score (nSPS) is 14.4. The van der Waals surface area contributed by atoms with Crippen molar-refractivity contribution < 1.29 is 27.5 Å².